The lowest BCUT2D eigenvalue weighted by Gasteiger charge is -2.58. The van der Waals surface area contributed by atoms with Gasteiger partial charge < -0.3 is 24.7 Å². The van der Waals surface area contributed by atoms with Crippen LogP contribution in [0.15, 0.2) is 42.3 Å². The lowest BCUT2D eigenvalue weighted by Crippen LogP contribution is -2.52. The van der Waals surface area contributed by atoms with Crippen molar-refractivity contribution in [2.45, 2.75) is 77.7 Å². The van der Waals surface area contributed by atoms with Gasteiger partial charge in [-0.2, -0.15) is 0 Å². The Balaban J connectivity index is 0.000000595. The molecule has 4 N–H and O–H groups in total. The highest BCUT2D eigenvalue weighted by molar-refractivity contribution is 7.45. The lowest BCUT2D eigenvalue weighted by atomic mass is 9.46. The van der Waals surface area contributed by atoms with Crippen LogP contribution in [0.2, 0.25) is 0 Å². The summed E-state index contributed by atoms with van der Waals surface area (Å²) in [5, 5.41) is 9.65. The summed E-state index contributed by atoms with van der Waals surface area (Å²) in [5.41, 5.74) is 5.19. The van der Waals surface area contributed by atoms with E-state index in [4.69, 9.17) is 19.2 Å². The quantitative estimate of drug-likeness (QED) is 0.275. The van der Waals surface area contributed by atoms with Crippen molar-refractivity contribution >= 4 is 19.4 Å². The summed E-state index contributed by atoms with van der Waals surface area (Å²) in [6.45, 7) is 6.05. The summed E-state index contributed by atoms with van der Waals surface area (Å²) >= 11 is 0. The second-order valence-corrected chi connectivity index (χ2v) is 14.5. The minimum absolute atomic E-state index is 0.158. The van der Waals surface area contributed by atoms with Crippen molar-refractivity contribution in [3.05, 3.63) is 47.8 Å². The Morgan fingerprint density at radius 1 is 1.05 bits per heavy atom. The molecule has 6 rings (SSSR count). The summed E-state index contributed by atoms with van der Waals surface area (Å²) in [6.07, 6.45) is 19.5. The van der Waals surface area contributed by atoms with Crippen LogP contribution in [0.3, 0.4) is 0 Å². The molecule has 4 aliphatic carbocycles. The highest BCUT2D eigenvalue weighted by Gasteiger charge is 2.57. The molecule has 220 valence electrons. The van der Waals surface area contributed by atoms with Gasteiger partial charge in [-0.15, -0.1) is 0 Å². The maximum absolute atomic E-state index is 11.7. The number of aromatic nitrogens is 1. The van der Waals surface area contributed by atoms with Crippen LogP contribution in [-0.2, 0) is 9.36 Å². The Hall–Kier alpha value is -1.83. The second-order valence-electron chi connectivity index (χ2n) is 13.4. The fourth-order valence-corrected chi connectivity index (χ4v) is 9.45. The zero-order valence-corrected chi connectivity index (χ0v) is 24.8. The van der Waals surface area contributed by atoms with Gasteiger partial charge >= 0.3 is 13.8 Å². The number of hydrogen-bond acceptors (Lipinski definition) is 4. The number of likely N-dealkylation sites (tertiary alicyclic amines) is 1. The predicted molar refractivity (Wildman–Crippen MR) is 154 cm³/mol. The second kappa shape index (κ2) is 11.1. The third kappa shape index (κ3) is 5.63. The fraction of sp³-hybridized carbons (Fsp3) is 0.677. The zero-order valence-electron chi connectivity index (χ0n) is 23.9. The van der Waals surface area contributed by atoms with Gasteiger partial charge in [-0.05, 0) is 123 Å². The van der Waals surface area contributed by atoms with E-state index in [1.165, 1.54) is 50.5 Å². The summed E-state index contributed by atoms with van der Waals surface area (Å²) in [6, 6.07) is 4.75. The molecule has 9 heteroatoms. The molecule has 3 fully saturated rings. The Kier molecular flexibility index (Phi) is 8.23. The van der Waals surface area contributed by atoms with E-state index in [0.29, 0.717) is 17.4 Å². The number of aliphatic carboxylic acids is 1. The molecule has 1 aromatic heterocycles. The number of fused-ring (bicyclic) bond motifs is 5. The first-order chi connectivity index (χ1) is 18.8. The first-order valence-electron chi connectivity index (χ1n) is 14.8. The van der Waals surface area contributed by atoms with Crippen LogP contribution in [0.5, 0.6) is 0 Å². The van der Waals surface area contributed by atoms with Crippen LogP contribution in [0.25, 0.3) is 5.57 Å². The number of pyridine rings is 1. The van der Waals surface area contributed by atoms with Gasteiger partial charge in [0.1, 0.15) is 0 Å². The van der Waals surface area contributed by atoms with Crippen LogP contribution in [-0.4, -0.2) is 55.3 Å². The largest absolute Gasteiger partial charge is 0.481 e. The van der Waals surface area contributed by atoms with E-state index in [2.05, 4.69) is 61.3 Å². The van der Waals surface area contributed by atoms with Crippen LogP contribution >= 0.6 is 7.82 Å². The molecule has 2 heterocycles. The fourth-order valence-electron chi connectivity index (χ4n) is 9.45. The molecule has 1 saturated heterocycles. The van der Waals surface area contributed by atoms with Crippen molar-refractivity contribution in [3.63, 3.8) is 0 Å². The van der Waals surface area contributed by atoms with Crippen molar-refractivity contribution in [2.75, 3.05) is 13.6 Å². The molecule has 5 aliphatic rings. The molecule has 8 nitrogen and oxygen atoms in total. The maximum atomic E-state index is 11.7. The number of allylic oxidation sites excluding steroid dienone is 4. The highest BCUT2D eigenvalue weighted by Crippen LogP contribution is 2.66. The number of carboxylic acid groups (broad SMARTS) is 1. The lowest BCUT2D eigenvalue weighted by molar-refractivity contribution is -0.144. The number of phosphoric acid groups is 1. The summed E-state index contributed by atoms with van der Waals surface area (Å²) in [5.74, 6) is 2.16. The standard InChI is InChI=1S/C31H42N2O2.H3O4P/c1-30-13-10-20(28-18-21(29(34)35)12-16-33(28)3)17-23(30)6-7-24-26-9-8-25(22-5-4-15-32-19-22)31(26,2)14-11-27(24)30;1-5(2,3)4/h4-6,8,15,19-21,24,26-28H,7,9-14,16-18H2,1-3H3,(H,34,35);(H3,1,2,3,4)/t20-,21?,24-,26-,27-,28?,30-,31+;/m0./s1. The van der Waals surface area contributed by atoms with Crippen LogP contribution in [0, 0.1) is 40.4 Å². The summed E-state index contributed by atoms with van der Waals surface area (Å²) in [7, 11) is -2.42. The molecule has 1 aromatic rings. The number of nitrogens with zero attached hydrogens (tertiary/aromatic N) is 2. The van der Waals surface area contributed by atoms with E-state index in [9.17, 15) is 9.90 Å². The van der Waals surface area contributed by atoms with E-state index in [1.54, 1.807) is 11.1 Å². The molecular weight excluding hydrogens is 527 g/mol. The molecule has 2 saturated carbocycles. The topological polar surface area (TPSA) is 131 Å². The molecule has 0 bridgehead atoms. The average Bonchev–Trinajstić information content (AvgIpc) is 3.25. The van der Waals surface area contributed by atoms with Crippen LogP contribution in [0.1, 0.15) is 77.2 Å². The van der Waals surface area contributed by atoms with E-state index >= 15 is 0 Å². The van der Waals surface area contributed by atoms with Gasteiger partial charge in [0.2, 0.25) is 0 Å². The van der Waals surface area contributed by atoms with Gasteiger partial charge in [-0.3, -0.25) is 9.78 Å². The normalized spacial score (nSPS) is 39.5. The summed E-state index contributed by atoms with van der Waals surface area (Å²) < 4.78 is 8.88. The van der Waals surface area contributed by atoms with Crippen molar-refractivity contribution < 1.29 is 29.1 Å². The Labute approximate surface area is 237 Å². The van der Waals surface area contributed by atoms with Crippen molar-refractivity contribution in [3.8, 4) is 0 Å². The minimum atomic E-state index is -4.64. The predicted octanol–water partition coefficient (Wildman–Crippen LogP) is 5.52. The Bertz CT molecular complexity index is 1210. The zero-order chi connectivity index (χ0) is 28.9. The van der Waals surface area contributed by atoms with Crippen molar-refractivity contribution in [2.24, 2.45) is 40.4 Å². The molecule has 0 spiro atoms. The third-order valence-corrected chi connectivity index (χ3v) is 11.5. The van der Waals surface area contributed by atoms with Gasteiger partial charge in [-0.1, -0.05) is 37.6 Å². The molecule has 0 aromatic carbocycles. The molecule has 2 unspecified atom stereocenters. The van der Waals surface area contributed by atoms with E-state index in [-0.39, 0.29) is 11.3 Å². The maximum Gasteiger partial charge on any atom is 0.466 e. The first kappa shape index (κ1) is 29.7. The Morgan fingerprint density at radius 3 is 2.45 bits per heavy atom. The molecule has 40 heavy (non-hydrogen) atoms. The van der Waals surface area contributed by atoms with E-state index < -0.39 is 13.8 Å². The molecular formula is C31H45N2O6P. The van der Waals surface area contributed by atoms with Gasteiger partial charge in [-0.25, -0.2) is 4.57 Å². The van der Waals surface area contributed by atoms with Crippen molar-refractivity contribution in [1.82, 2.24) is 9.88 Å². The summed E-state index contributed by atoms with van der Waals surface area (Å²) in [4.78, 5) is 40.2. The van der Waals surface area contributed by atoms with Gasteiger partial charge in [0, 0.05) is 18.4 Å². The first-order valence-corrected chi connectivity index (χ1v) is 16.4. The van der Waals surface area contributed by atoms with Gasteiger partial charge in [0.15, 0.2) is 0 Å². The van der Waals surface area contributed by atoms with E-state index in [0.717, 1.165) is 37.1 Å². The smallest absolute Gasteiger partial charge is 0.466 e. The van der Waals surface area contributed by atoms with Crippen LogP contribution in [0.4, 0.5) is 0 Å². The number of carbonyl (C=O) groups is 1. The SMILES string of the molecule is CN1CCC(C(=O)O)CC1[C@H]1CC[C@@]2(C)C(=CC[C@@H]3[C@@H]2CC[C@]2(C)C(c4cccnc4)=CC[C@@H]32)C1.O=P(O)(O)O. The molecule has 8 atom stereocenters. The third-order valence-electron chi connectivity index (χ3n) is 11.5. The Morgan fingerprint density at radius 2 is 1.77 bits per heavy atom. The van der Waals surface area contributed by atoms with Gasteiger partial charge in [0.05, 0.1) is 5.92 Å². The van der Waals surface area contributed by atoms with Crippen LogP contribution < -0.4 is 0 Å². The number of piperidine rings is 1. The number of rotatable bonds is 3. The van der Waals surface area contributed by atoms with Gasteiger partial charge in [0.25, 0.3) is 0 Å². The average molecular weight is 573 g/mol. The minimum Gasteiger partial charge on any atom is -0.481 e. The van der Waals surface area contributed by atoms with E-state index in [1.807, 2.05) is 6.20 Å². The monoisotopic (exact) mass is 572 g/mol. The molecule has 0 amide bonds. The highest BCUT2D eigenvalue weighted by atomic mass is 31.2. The number of hydrogen-bond donors (Lipinski definition) is 4. The molecule has 0 radical (unpaired) electrons. The number of carboxylic acids is 1. The molecule has 1 aliphatic heterocycles. The van der Waals surface area contributed by atoms with Crippen molar-refractivity contribution in [1.29, 1.82) is 0 Å².